The number of rotatable bonds is 4. The highest BCUT2D eigenvalue weighted by Gasteiger charge is 2.43. The van der Waals surface area contributed by atoms with Gasteiger partial charge >= 0.3 is 5.97 Å². The van der Waals surface area contributed by atoms with Gasteiger partial charge < -0.3 is 15.3 Å². The minimum atomic E-state index is -1.45. The number of benzene rings is 3. The van der Waals surface area contributed by atoms with Gasteiger partial charge in [-0.2, -0.15) is 0 Å². The summed E-state index contributed by atoms with van der Waals surface area (Å²) in [6.07, 6.45) is 0. The van der Waals surface area contributed by atoms with E-state index in [0.717, 1.165) is 4.90 Å². The van der Waals surface area contributed by atoms with Gasteiger partial charge in [0, 0.05) is 14.5 Å². The Hall–Kier alpha value is -2.87. The molecule has 1 aliphatic heterocycles. The fourth-order valence-corrected chi connectivity index (χ4v) is 4.29. The molecule has 6 nitrogen and oxygen atoms in total. The summed E-state index contributed by atoms with van der Waals surface area (Å²) in [5.41, 5.74) is 1.20. The zero-order valence-electron chi connectivity index (χ0n) is 16.3. The van der Waals surface area contributed by atoms with Gasteiger partial charge in [-0.15, -0.1) is 0 Å². The molecular formula is C23H15BrCl2N2O4. The zero-order valence-corrected chi connectivity index (χ0v) is 19.4. The number of anilines is 1. The highest BCUT2D eigenvalue weighted by molar-refractivity contribution is 9.10. The second-order valence-electron chi connectivity index (χ2n) is 7.14. The summed E-state index contributed by atoms with van der Waals surface area (Å²) in [5.74, 6) is -2.44. The number of carboxylic acid groups (broad SMARTS) is 1. The van der Waals surface area contributed by atoms with E-state index in [4.69, 9.17) is 23.2 Å². The molecule has 0 unspecified atom stereocenters. The monoisotopic (exact) mass is 532 g/mol. The second kappa shape index (κ2) is 8.94. The molecule has 2 amide bonds. The number of hydrogen-bond donors (Lipinski definition) is 2. The molecule has 1 heterocycles. The van der Waals surface area contributed by atoms with Crippen LogP contribution in [0.4, 0.5) is 5.69 Å². The summed E-state index contributed by atoms with van der Waals surface area (Å²) in [5, 5.41) is 13.8. The molecule has 0 aliphatic carbocycles. The van der Waals surface area contributed by atoms with E-state index in [9.17, 15) is 19.5 Å². The molecule has 4 rings (SSSR count). The van der Waals surface area contributed by atoms with E-state index < -0.39 is 29.9 Å². The standard InChI is InChI=1S/C23H15BrCl2N2O4/c24-14-5-10-18-17(11-14)22(30)28(20(23(31)32)13-3-8-16(26)9-4-13)19(21(29)27-18)12-1-6-15(25)7-2-12/h1-11,19-20H,(H,27,29)(H,31,32)/t19-,20-/m0/s1. The lowest BCUT2D eigenvalue weighted by Gasteiger charge is -2.34. The van der Waals surface area contributed by atoms with E-state index in [-0.39, 0.29) is 5.56 Å². The number of fused-ring (bicyclic) bond motifs is 1. The third-order valence-electron chi connectivity index (χ3n) is 5.11. The summed E-state index contributed by atoms with van der Waals surface area (Å²) in [7, 11) is 0. The molecule has 9 heteroatoms. The minimum absolute atomic E-state index is 0.171. The van der Waals surface area contributed by atoms with Gasteiger partial charge in [-0.1, -0.05) is 63.4 Å². The van der Waals surface area contributed by atoms with Crippen LogP contribution >= 0.6 is 39.1 Å². The quantitative estimate of drug-likeness (QED) is 0.449. The number of amides is 2. The molecule has 32 heavy (non-hydrogen) atoms. The minimum Gasteiger partial charge on any atom is -0.479 e. The lowest BCUT2D eigenvalue weighted by Crippen LogP contribution is -2.44. The van der Waals surface area contributed by atoms with Gasteiger partial charge in [0.15, 0.2) is 6.04 Å². The summed E-state index contributed by atoms with van der Waals surface area (Å²) in [6.45, 7) is 0. The SMILES string of the molecule is O=C(O)[C@H](c1ccc(Cl)cc1)N1C(=O)c2cc(Br)ccc2NC(=O)[C@@H]1c1ccc(Cl)cc1. The zero-order chi connectivity index (χ0) is 23.0. The van der Waals surface area contributed by atoms with Crippen LogP contribution in [0.15, 0.2) is 71.2 Å². The van der Waals surface area contributed by atoms with Gasteiger partial charge in [-0.25, -0.2) is 4.79 Å². The molecule has 0 fully saturated rings. The van der Waals surface area contributed by atoms with Crippen molar-refractivity contribution in [2.45, 2.75) is 12.1 Å². The highest BCUT2D eigenvalue weighted by atomic mass is 79.9. The van der Waals surface area contributed by atoms with Crippen molar-refractivity contribution in [3.8, 4) is 0 Å². The van der Waals surface area contributed by atoms with Crippen molar-refractivity contribution in [3.05, 3.63) is 97.9 Å². The van der Waals surface area contributed by atoms with Gasteiger partial charge in [0.2, 0.25) is 0 Å². The summed E-state index contributed by atoms with van der Waals surface area (Å²) >= 11 is 15.3. The van der Waals surface area contributed by atoms with Crippen molar-refractivity contribution in [1.29, 1.82) is 0 Å². The normalized spacial score (nSPS) is 16.7. The molecule has 0 radical (unpaired) electrons. The van der Waals surface area contributed by atoms with Crippen LogP contribution < -0.4 is 5.32 Å². The number of halogens is 3. The first-order chi connectivity index (χ1) is 15.3. The van der Waals surface area contributed by atoms with Crippen LogP contribution in [0.25, 0.3) is 0 Å². The van der Waals surface area contributed by atoms with Crippen LogP contribution in [-0.4, -0.2) is 27.8 Å². The van der Waals surface area contributed by atoms with Crippen LogP contribution in [0.3, 0.4) is 0 Å². The molecule has 1 aliphatic rings. The first-order valence-electron chi connectivity index (χ1n) is 9.43. The van der Waals surface area contributed by atoms with E-state index in [1.807, 2.05) is 0 Å². The van der Waals surface area contributed by atoms with Gasteiger partial charge in [0.1, 0.15) is 6.04 Å². The largest absolute Gasteiger partial charge is 0.479 e. The van der Waals surface area contributed by atoms with Crippen LogP contribution in [0.5, 0.6) is 0 Å². The first-order valence-corrected chi connectivity index (χ1v) is 11.0. The van der Waals surface area contributed by atoms with Crippen molar-refractivity contribution >= 4 is 62.6 Å². The molecule has 0 bridgehead atoms. The van der Waals surface area contributed by atoms with E-state index >= 15 is 0 Å². The highest BCUT2D eigenvalue weighted by Crippen LogP contribution is 2.38. The van der Waals surface area contributed by atoms with Crippen molar-refractivity contribution in [2.75, 3.05) is 5.32 Å². The van der Waals surface area contributed by atoms with Crippen LogP contribution in [-0.2, 0) is 9.59 Å². The maximum atomic E-state index is 13.8. The van der Waals surface area contributed by atoms with Crippen molar-refractivity contribution < 1.29 is 19.5 Å². The summed E-state index contributed by atoms with van der Waals surface area (Å²) in [6, 6.07) is 14.7. The number of carbonyl (C=O) groups excluding carboxylic acids is 2. The van der Waals surface area contributed by atoms with Gasteiger partial charge in [0.25, 0.3) is 11.8 Å². The smallest absolute Gasteiger partial charge is 0.331 e. The molecule has 162 valence electrons. The van der Waals surface area contributed by atoms with Gasteiger partial charge in [-0.05, 0) is 53.6 Å². The number of carboxylic acids is 1. The Kier molecular flexibility index (Phi) is 6.24. The number of carbonyl (C=O) groups is 3. The molecular weight excluding hydrogens is 519 g/mol. The molecule has 3 aromatic carbocycles. The average molecular weight is 534 g/mol. The molecule has 0 spiro atoms. The number of nitrogens with one attached hydrogen (secondary N) is 1. The predicted molar refractivity (Wildman–Crippen MR) is 125 cm³/mol. The Balaban J connectivity index is 1.95. The fourth-order valence-electron chi connectivity index (χ4n) is 3.68. The number of aliphatic carboxylic acids is 1. The Bertz CT molecular complexity index is 1220. The Labute approximate surface area is 201 Å². The number of hydrogen-bond acceptors (Lipinski definition) is 3. The molecule has 0 saturated carbocycles. The lowest BCUT2D eigenvalue weighted by atomic mass is 9.98. The first kappa shape index (κ1) is 22.3. The number of nitrogens with zero attached hydrogens (tertiary/aromatic N) is 1. The third-order valence-corrected chi connectivity index (χ3v) is 6.11. The van der Waals surface area contributed by atoms with Crippen LogP contribution in [0.2, 0.25) is 10.0 Å². The fraction of sp³-hybridized carbons (Fsp3) is 0.0870. The molecule has 0 saturated heterocycles. The summed E-state index contributed by atoms with van der Waals surface area (Å²) < 4.78 is 0.613. The maximum Gasteiger partial charge on any atom is 0.331 e. The van der Waals surface area contributed by atoms with Gasteiger partial charge in [-0.3, -0.25) is 9.59 Å². The second-order valence-corrected chi connectivity index (χ2v) is 8.93. The van der Waals surface area contributed by atoms with Gasteiger partial charge in [0.05, 0.1) is 11.3 Å². The molecule has 0 aromatic heterocycles. The predicted octanol–water partition coefficient (Wildman–Crippen LogP) is 5.72. The van der Waals surface area contributed by atoms with Crippen molar-refractivity contribution in [1.82, 2.24) is 4.90 Å². The van der Waals surface area contributed by atoms with Crippen molar-refractivity contribution in [3.63, 3.8) is 0 Å². The molecule has 2 N–H and O–H groups in total. The van der Waals surface area contributed by atoms with E-state index in [1.54, 1.807) is 42.5 Å². The van der Waals surface area contributed by atoms with Crippen LogP contribution in [0, 0.1) is 0 Å². The Morgan fingerprint density at radius 3 is 2.16 bits per heavy atom. The van der Waals surface area contributed by atoms with E-state index in [1.165, 1.54) is 24.3 Å². The van der Waals surface area contributed by atoms with Crippen molar-refractivity contribution in [2.24, 2.45) is 0 Å². The van der Waals surface area contributed by atoms with E-state index in [2.05, 4.69) is 21.2 Å². The third kappa shape index (κ3) is 4.24. The molecule has 2 atom stereocenters. The molecule has 3 aromatic rings. The van der Waals surface area contributed by atoms with E-state index in [0.29, 0.717) is 31.3 Å². The summed E-state index contributed by atoms with van der Waals surface area (Å²) in [4.78, 5) is 40.7. The topological polar surface area (TPSA) is 86.7 Å². The Morgan fingerprint density at radius 1 is 0.969 bits per heavy atom. The van der Waals surface area contributed by atoms with Crippen LogP contribution in [0.1, 0.15) is 33.6 Å². The average Bonchev–Trinajstić information content (AvgIpc) is 2.85. The maximum absolute atomic E-state index is 13.8. The Morgan fingerprint density at radius 2 is 1.56 bits per heavy atom. The lowest BCUT2D eigenvalue weighted by molar-refractivity contribution is -0.144.